The maximum atomic E-state index is 8.43. The van der Waals surface area contributed by atoms with Gasteiger partial charge in [-0.2, -0.15) is 0 Å². The van der Waals surface area contributed by atoms with E-state index in [-0.39, 0.29) is 6.61 Å². The van der Waals surface area contributed by atoms with E-state index in [1.54, 1.807) is 6.92 Å². The smallest absolute Gasteiger partial charge is 0.429 e. The van der Waals surface area contributed by atoms with E-state index in [2.05, 4.69) is 4.65 Å². The Bertz CT molecular complexity index is 39.2. The normalized spacial score (nSPS) is 13.6. The number of aliphatic hydroxyl groups excluding tert-OH is 1. The Hall–Kier alpha value is -0.0551. The Labute approximate surface area is 43.2 Å². The van der Waals surface area contributed by atoms with Crippen LogP contribution in [0.25, 0.3) is 0 Å². The number of rotatable bonds is 3. The lowest BCUT2D eigenvalue weighted by molar-refractivity contribution is 0.116. The molecule has 0 bridgehead atoms. The second kappa shape index (κ2) is 4.11. The van der Waals surface area contributed by atoms with Gasteiger partial charge in [-0.3, -0.25) is 0 Å². The van der Waals surface area contributed by atoms with E-state index in [1.807, 2.05) is 0 Å². The molecule has 1 unspecified atom stereocenters. The lowest BCUT2D eigenvalue weighted by atomic mass is 10.4. The SMILES string of the molecule is CC(O)CO[B]O. The molecule has 0 spiro atoms. The lowest BCUT2D eigenvalue weighted by Crippen LogP contribution is -2.12. The largest absolute Gasteiger partial charge is 0.485 e. The van der Waals surface area contributed by atoms with E-state index in [1.165, 1.54) is 0 Å². The molecule has 0 saturated heterocycles. The van der Waals surface area contributed by atoms with Crippen molar-refractivity contribution in [2.75, 3.05) is 6.61 Å². The van der Waals surface area contributed by atoms with Crippen LogP contribution in [0.2, 0.25) is 0 Å². The molecule has 41 valence electrons. The van der Waals surface area contributed by atoms with Crippen molar-refractivity contribution >= 4 is 7.69 Å². The highest BCUT2D eigenvalue weighted by molar-refractivity contribution is 6.15. The summed E-state index contributed by atoms with van der Waals surface area (Å²) < 4.78 is 4.28. The molecule has 1 atom stereocenters. The molecule has 2 N–H and O–H groups in total. The zero-order valence-electron chi connectivity index (χ0n) is 4.16. The number of hydrogen-bond donors (Lipinski definition) is 2. The van der Waals surface area contributed by atoms with Crippen LogP contribution in [-0.4, -0.2) is 30.5 Å². The summed E-state index contributed by atoms with van der Waals surface area (Å²) in [4.78, 5) is 0. The van der Waals surface area contributed by atoms with Gasteiger partial charge in [-0.05, 0) is 6.92 Å². The number of hydrogen-bond acceptors (Lipinski definition) is 3. The molecule has 0 aliphatic carbocycles. The van der Waals surface area contributed by atoms with Gasteiger partial charge < -0.3 is 14.8 Å². The molecule has 0 aliphatic rings. The minimum Gasteiger partial charge on any atom is -0.429 e. The van der Waals surface area contributed by atoms with Crippen LogP contribution in [0.3, 0.4) is 0 Å². The lowest BCUT2D eigenvalue weighted by Gasteiger charge is -1.99. The van der Waals surface area contributed by atoms with Gasteiger partial charge in [-0.15, -0.1) is 0 Å². The third-order valence-electron chi connectivity index (χ3n) is 0.412. The predicted octanol–water partition coefficient (Wildman–Crippen LogP) is -1.09. The maximum absolute atomic E-state index is 8.43. The first-order valence-corrected chi connectivity index (χ1v) is 2.03. The summed E-state index contributed by atoms with van der Waals surface area (Å²) >= 11 is 0. The number of aliphatic hydroxyl groups is 1. The van der Waals surface area contributed by atoms with Gasteiger partial charge >= 0.3 is 7.69 Å². The van der Waals surface area contributed by atoms with Crippen LogP contribution >= 0.6 is 0 Å². The molecule has 0 aliphatic heterocycles. The summed E-state index contributed by atoms with van der Waals surface area (Å²) in [6.45, 7) is 1.72. The predicted molar refractivity (Wildman–Crippen MR) is 25.6 cm³/mol. The molecule has 0 saturated carbocycles. The summed E-state index contributed by atoms with van der Waals surface area (Å²) in [5.41, 5.74) is 0. The van der Waals surface area contributed by atoms with Crippen molar-refractivity contribution in [1.29, 1.82) is 0 Å². The zero-order chi connectivity index (χ0) is 5.70. The molecule has 0 amide bonds. The van der Waals surface area contributed by atoms with Gasteiger partial charge in [-0.25, -0.2) is 0 Å². The van der Waals surface area contributed by atoms with Crippen LogP contribution in [0.15, 0.2) is 0 Å². The fraction of sp³-hybridized carbons (Fsp3) is 1.00. The first-order valence-electron chi connectivity index (χ1n) is 2.03. The Morgan fingerprint density at radius 1 is 1.86 bits per heavy atom. The van der Waals surface area contributed by atoms with E-state index < -0.39 is 6.10 Å². The standard InChI is InChI=1S/C3H8BO3/c1-3(5)2-7-4-6/h3,5-6H,2H2,1H3. The van der Waals surface area contributed by atoms with Crippen LogP contribution in [0.4, 0.5) is 0 Å². The summed E-state index contributed by atoms with van der Waals surface area (Å²) in [6, 6.07) is 0. The molecular weight excluding hydrogens is 94.8 g/mol. The molecule has 4 heteroatoms. The zero-order valence-corrected chi connectivity index (χ0v) is 4.16. The van der Waals surface area contributed by atoms with Crippen LogP contribution in [0.1, 0.15) is 6.92 Å². The van der Waals surface area contributed by atoms with Crippen LogP contribution in [0.5, 0.6) is 0 Å². The van der Waals surface area contributed by atoms with Gasteiger partial charge in [0.05, 0.1) is 12.7 Å². The molecule has 0 fully saturated rings. The van der Waals surface area contributed by atoms with Gasteiger partial charge in [0.1, 0.15) is 0 Å². The van der Waals surface area contributed by atoms with Crippen LogP contribution in [-0.2, 0) is 4.65 Å². The van der Waals surface area contributed by atoms with Gasteiger partial charge in [0.2, 0.25) is 0 Å². The quantitative estimate of drug-likeness (QED) is 0.446. The molecule has 0 heterocycles. The second-order valence-electron chi connectivity index (χ2n) is 1.29. The fourth-order valence-corrected chi connectivity index (χ4v) is 0.182. The molecule has 3 nitrogen and oxygen atoms in total. The molecule has 0 aromatic carbocycles. The average molecular weight is 103 g/mol. The van der Waals surface area contributed by atoms with Crippen molar-refractivity contribution in [3.8, 4) is 0 Å². The molecular formula is C3H8BO3. The molecule has 0 aromatic rings. The van der Waals surface area contributed by atoms with Gasteiger partial charge in [-0.1, -0.05) is 0 Å². The third-order valence-corrected chi connectivity index (χ3v) is 0.412. The van der Waals surface area contributed by atoms with Gasteiger partial charge in [0.25, 0.3) is 0 Å². The highest BCUT2D eigenvalue weighted by Gasteiger charge is 1.92. The van der Waals surface area contributed by atoms with Crippen molar-refractivity contribution in [2.24, 2.45) is 0 Å². The molecule has 0 rings (SSSR count). The second-order valence-corrected chi connectivity index (χ2v) is 1.29. The fourth-order valence-electron chi connectivity index (χ4n) is 0.182. The van der Waals surface area contributed by atoms with E-state index >= 15 is 0 Å². The highest BCUT2D eigenvalue weighted by atomic mass is 16.5. The van der Waals surface area contributed by atoms with Crippen molar-refractivity contribution in [3.05, 3.63) is 0 Å². The topological polar surface area (TPSA) is 49.7 Å². The highest BCUT2D eigenvalue weighted by Crippen LogP contribution is 1.77. The Morgan fingerprint density at radius 3 is 2.57 bits per heavy atom. The van der Waals surface area contributed by atoms with Crippen molar-refractivity contribution < 1.29 is 14.8 Å². The van der Waals surface area contributed by atoms with Crippen LogP contribution in [0, 0.1) is 0 Å². The summed E-state index contributed by atoms with van der Waals surface area (Å²) in [5.74, 6) is 0. The minimum atomic E-state index is -0.511. The monoisotopic (exact) mass is 103 g/mol. The van der Waals surface area contributed by atoms with Gasteiger partial charge in [0.15, 0.2) is 0 Å². The summed E-state index contributed by atoms with van der Waals surface area (Å²) in [6.07, 6.45) is -0.511. The van der Waals surface area contributed by atoms with Crippen LogP contribution < -0.4 is 0 Å². The van der Waals surface area contributed by atoms with Crippen molar-refractivity contribution in [1.82, 2.24) is 0 Å². The average Bonchev–Trinajstić information content (AvgIpc) is 1.61. The van der Waals surface area contributed by atoms with E-state index in [4.69, 9.17) is 10.1 Å². The Balaban J connectivity index is 2.68. The third kappa shape index (κ3) is 5.94. The van der Waals surface area contributed by atoms with E-state index in [0.29, 0.717) is 7.69 Å². The first-order chi connectivity index (χ1) is 3.27. The molecule has 1 radical (unpaired) electrons. The molecule has 0 aromatic heterocycles. The molecule has 7 heavy (non-hydrogen) atoms. The van der Waals surface area contributed by atoms with Gasteiger partial charge in [0, 0.05) is 0 Å². The Morgan fingerprint density at radius 2 is 2.43 bits per heavy atom. The summed E-state index contributed by atoms with van der Waals surface area (Å²) in [5, 5.41) is 16.3. The Kier molecular flexibility index (Phi) is 4.08. The first kappa shape index (κ1) is 6.94. The maximum Gasteiger partial charge on any atom is 0.485 e. The van der Waals surface area contributed by atoms with E-state index in [0.717, 1.165) is 0 Å². The summed E-state index contributed by atoms with van der Waals surface area (Å²) in [7, 11) is 0.562. The van der Waals surface area contributed by atoms with E-state index in [9.17, 15) is 0 Å². The minimum absolute atomic E-state index is 0.149. The van der Waals surface area contributed by atoms with Crippen molar-refractivity contribution in [3.63, 3.8) is 0 Å². The van der Waals surface area contributed by atoms with Crippen molar-refractivity contribution in [2.45, 2.75) is 13.0 Å².